The Kier molecular flexibility index (Phi) is 3.81. The molecule has 21 heavy (non-hydrogen) atoms. The molecule has 2 aliphatic heterocycles. The van der Waals surface area contributed by atoms with Crippen LogP contribution in [0.3, 0.4) is 0 Å². The molecule has 0 saturated carbocycles. The zero-order valence-electron chi connectivity index (χ0n) is 12.4. The van der Waals surface area contributed by atoms with Crippen molar-refractivity contribution in [2.24, 2.45) is 7.05 Å². The van der Waals surface area contributed by atoms with Crippen molar-refractivity contribution in [2.75, 3.05) is 31.6 Å². The maximum Gasteiger partial charge on any atom is 0.333 e. The Bertz CT molecular complexity index is 544. The normalized spacial score (nSPS) is 25.8. The summed E-state index contributed by atoms with van der Waals surface area (Å²) in [7, 11) is 1.71. The predicted molar refractivity (Wildman–Crippen MR) is 77.4 cm³/mol. The predicted octanol–water partition coefficient (Wildman–Crippen LogP) is 0.912. The van der Waals surface area contributed by atoms with E-state index < -0.39 is 0 Å². The van der Waals surface area contributed by atoms with Crippen molar-refractivity contribution in [1.29, 1.82) is 0 Å². The third-order valence-electron chi connectivity index (χ3n) is 4.33. The number of ether oxygens (including phenoxy) is 1. The van der Waals surface area contributed by atoms with Crippen molar-refractivity contribution in [3.05, 3.63) is 15.8 Å². The van der Waals surface area contributed by atoms with E-state index in [1.54, 1.807) is 14.0 Å². The van der Waals surface area contributed by atoms with Crippen molar-refractivity contribution >= 4 is 11.5 Å². The number of nitro groups is 1. The number of nitrogens with zero attached hydrogens (tertiary/aromatic N) is 4. The summed E-state index contributed by atoms with van der Waals surface area (Å²) in [6, 6.07) is 0.564. The lowest BCUT2D eigenvalue weighted by Crippen LogP contribution is -2.48. The molecular formula is C13H21N5O3. The number of hydrogen-bond acceptors (Lipinski definition) is 6. The van der Waals surface area contributed by atoms with Gasteiger partial charge in [0.2, 0.25) is 5.82 Å². The second-order valence-electron chi connectivity index (χ2n) is 5.79. The van der Waals surface area contributed by atoms with Crippen molar-refractivity contribution in [1.82, 2.24) is 14.7 Å². The average molecular weight is 295 g/mol. The quantitative estimate of drug-likeness (QED) is 0.656. The molecule has 8 heteroatoms. The molecule has 0 radical (unpaired) electrons. The first-order valence-electron chi connectivity index (χ1n) is 7.33. The minimum atomic E-state index is -0.386. The van der Waals surface area contributed by atoms with Crippen molar-refractivity contribution in [3.63, 3.8) is 0 Å². The molecule has 0 aliphatic carbocycles. The van der Waals surface area contributed by atoms with E-state index in [0.29, 0.717) is 24.1 Å². The van der Waals surface area contributed by atoms with E-state index in [2.05, 4.69) is 15.3 Å². The summed E-state index contributed by atoms with van der Waals surface area (Å²) in [6.45, 7) is 4.99. The summed E-state index contributed by atoms with van der Waals surface area (Å²) in [5, 5.41) is 18.4. The van der Waals surface area contributed by atoms with Gasteiger partial charge in [0.15, 0.2) is 0 Å². The van der Waals surface area contributed by atoms with Gasteiger partial charge in [0, 0.05) is 26.2 Å². The van der Waals surface area contributed by atoms with Gasteiger partial charge >= 0.3 is 5.69 Å². The highest BCUT2D eigenvalue weighted by molar-refractivity contribution is 5.59. The van der Waals surface area contributed by atoms with Gasteiger partial charge < -0.3 is 10.1 Å². The van der Waals surface area contributed by atoms with Crippen LogP contribution < -0.4 is 5.32 Å². The van der Waals surface area contributed by atoms with E-state index in [1.165, 1.54) is 17.5 Å². The van der Waals surface area contributed by atoms with Crippen LogP contribution in [-0.2, 0) is 11.8 Å². The molecule has 0 amide bonds. The first-order valence-corrected chi connectivity index (χ1v) is 7.33. The van der Waals surface area contributed by atoms with Gasteiger partial charge in [0.1, 0.15) is 5.69 Å². The van der Waals surface area contributed by atoms with Crippen molar-refractivity contribution < 1.29 is 9.66 Å². The first-order chi connectivity index (χ1) is 10.1. The summed E-state index contributed by atoms with van der Waals surface area (Å²) in [6.07, 6.45) is 2.52. The van der Waals surface area contributed by atoms with Gasteiger partial charge in [0.25, 0.3) is 0 Å². The zero-order valence-corrected chi connectivity index (χ0v) is 12.4. The molecular weight excluding hydrogens is 274 g/mol. The highest BCUT2D eigenvalue weighted by Gasteiger charge is 2.32. The zero-order chi connectivity index (χ0) is 15.0. The van der Waals surface area contributed by atoms with Gasteiger partial charge in [-0.1, -0.05) is 0 Å². The smallest absolute Gasteiger partial charge is 0.333 e. The monoisotopic (exact) mass is 295 g/mol. The number of anilines is 1. The van der Waals surface area contributed by atoms with Crippen LogP contribution in [0.5, 0.6) is 0 Å². The molecule has 2 fully saturated rings. The second kappa shape index (κ2) is 5.61. The van der Waals surface area contributed by atoms with E-state index in [9.17, 15) is 10.1 Å². The van der Waals surface area contributed by atoms with Crippen LogP contribution >= 0.6 is 0 Å². The molecule has 2 saturated heterocycles. The van der Waals surface area contributed by atoms with Crippen LogP contribution in [-0.4, -0.2) is 58.0 Å². The van der Waals surface area contributed by atoms with Crippen LogP contribution in [0, 0.1) is 17.0 Å². The number of aromatic nitrogens is 2. The van der Waals surface area contributed by atoms with Gasteiger partial charge in [0.05, 0.1) is 17.6 Å². The standard InChI is InChI=1S/C13H21N5O3/c1-9-12(18(19)20)13(16(2)15-9)14-6-11-7-17-5-3-4-10(17)8-21-11/h10-11,14H,3-8H2,1-2H3. The summed E-state index contributed by atoms with van der Waals surface area (Å²) >= 11 is 0. The largest absolute Gasteiger partial charge is 0.373 e. The van der Waals surface area contributed by atoms with Gasteiger partial charge in [-0.3, -0.25) is 15.0 Å². The fraction of sp³-hybridized carbons (Fsp3) is 0.769. The van der Waals surface area contributed by atoms with E-state index in [0.717, 1.165) is 19.7 Å². The van der Waals surface area contributed by atoms with Gasteiger partial charge in [-0.2, -0.15) is 5.10 Å². The lowest BCUT2D eigenvalue weighted by Gasteiger charge is -2.35. The maximum absolute atomic E-state index is 11.1. The van der Waals surface area contributed by atoms with Crippen molar-refractivity contribution in [2.45, 2.75) is 31.9 Å². The van der Waals surface area contributed by atoms with Crippen LogP contribution in [0.4, 0.5) is 11.5 Å². The molecule has 1 aromatic heterocycles. The molecule has 116 valence electrons. The fourth-order valence-corrected chi connectivity index (χ4v) is 3.28. The number of nitrogens with one attached hydrogen (secondary N) is 1. The number of fused-ring (bicyclic) bond motifs is 1. The lowest BCUT2D eigenvalue weighted by atomic mass is 10.2. The summed E-state index contributed by atoms with van der Waals surface area (Å²) in [5.41, 5.74) is 0.474. The Hall–Kier alpha value is -1.67. The Labute approximate surface area is 123 Å². The minimum absolute atomic E-state index is 0.0485. The van der Waals surface area contributed by atoms with Crippen LogP contribution in [0.2, 0.25) is 0 Å². The summed E-state index contributed by atoms with van der Waals surface area (Å²) < 4.78 is 7.38. The molecule has 0 bridgehead atoms. The third kappa shape index (κ3) is 2.73. The van der Waals surface area contributed by atoms with Crippen LogP contribution in [0.1, 0.15) is 18.5 Å². The van der Waals surface area contributed by atoms with E-state index in [-0.39, 0.29) is 16.7 Å². The number of hydrogen-bond donors (Lipinski definition) is 1. The Morgan fingerprint density at radius 1 is 1.57 bits per heavy atom. The molecule has 3 rings (SSSR count). The third-order valence-corrected chi connectivity index (χ3v) is 4.33. The molecule has 1 aromatic rings. The number of rotatable bonds is 4. The Morgan fingerprint density at radius 2 is 2.38 bits per heavy atom. The van der Waals surface area contributed by atoms with Gasteiger partial charge in [-0.15, -0.1) is 0 Å². The van der Waals surface area contributed by atoms with Crippen LogP contribution in [0.15, 0.2) is 0 Å². The molecule has 2 aliphatic rings. The molecule has 3 heterocycles. The van der Waals surface area contributed by atoms with E-state index >= 15 is 0 Å². The highest BCUT2D eigenvalue weighted by atomic mass is 16.6. The highest BCUT2D eigenvalue weighted by Crippen LogP contribution is 2.28. The van der Waals surface area contributed by atoms with Crippen LogP contribution in [0.25, 0.3) is 0 Å². The lowest BCUT2D eigenvalue weighted by molar-refractivity contribution is -0.384. The second-order valence-corrected chi connectivity index (χ2v) is 5.79. The van der Waals surface area contributed by atoms with Gasteiger partial charge in [-0.25, -0.2) is 4.68 Å². The SMILES string of the molecule is Cc1nn(C)c(NCC2CN3CCCC3CO2)c1[N+](=O)[O-]. The average Bonchev–Trinajstić information content (AvgIpc) is 2.99. The summed E-state index contributed by atoms with van der Waals surface area (Å²) in [5.74, 6) is 0.449. The van der Waals surface area contributed by atoms with Gasteiger partial charge in [-0.05, 0) is 26.3 Å². The van der Waals surface area contributed by atoms with E-state index in [1.807, 2.05) is 0 Å². The molecule has 0 spiro atoms. The Balaban J connectivity index is 1.64. The number of morpholine rings is 1. The molecule has 2 atom stereocenters. The Morgan fingerprint density at radius 3 is 3.14 bits per heavy atom. The topological polar surface area (TPSA) is 85.5 Å². The summed E-state index contributed by atoms with van der Waals surface area (Å²) in [4.78, 5) is 13.2. The molecule has 8 nitrogen and oxygen atoms in total. The number of aryl methyl sites for hydroxylation is 2. The molecule has 1 N–H and O–H groups in total. The van der Waals surface area contributed by atoms with Crippen molar-refractivity contribution in [3.8, 4) is 0 Å². The molecule has 0 aromatic carbocycles. The fourth-order valence-electron chi connectivity index (χ4n) is 3.28. The molecule has 2 unspecified atom stereocenters. The first kappa shape index (κ1) is 14.3. The van der Waals surface area contributed by atoms with E-state index in [4.69, 9.17) is 4.74 Å². The minimum Gasteiger partial charge on any atom is -0.373 e. The maximum atomic E-state index is 11.1.